The van der Waals surface area contributed by atoms with Crippen LogP contribution in [-0.4, -0.2) is 36.2 Å². The summed E-state index contributed by atoms with van der Waals surface area (Å²) in [6, 6.07) is 10.4. The van der Waals surface area contributed by atoms with Crippen molar-refractivity contribution in [1.29, 1.82) is 0 Å². The molecule has 0 bridgehead atoms. The zero-order valence-corrected chi connectivity index (χ0v) is 24.2. The van der Waals surface area contributed by atoms with Gasteiger partial charge in [-0.2, -0.15) is 4.31 Å². The lowest BCUT2D eigenvalue weighted by Gasteiger charge is -2.33. The smallest absolute Gasteiger partial charge is 0.253 e. The summed E-state index contributed by atoms with van der Waals surface area (Å²) in [6.07, 6.45) is 5.06. The first-order chi connectivity index (χ1) is 17.8. The van der Waals surface area contributed by atoms with Crippen LogP contribution in [-0.2, 0) is 27.7 Å². The van der Waals surface area contributed by atoms with E-state index in [4.69, 9.17) is 16.6 Å². The van der Waals surface area contributed by atoms with Crippen LogP contribution >= 0.6 is 45.6 Å². The van der Waals surface area contributed by atoms with E-state index < -0.39 is 16.1 Å². The van der Waals surface area contributed by atoms with Crippen molar-refractivity contribution in [2.75, 3.05) is 11.9 Å². The number of para-hydroxylation sites is 1. The van der Waals surface area contributed by atoms with Gasteiger partial charge in [-0.25, -0.2) is 13.4 Å². The van der Waals surface area contributed by atoms with Gasteiger partial charge in [0.2, 0.25) is 5.91 Å². The third-order valence-electron chi connectivity index (χ3n) is 7.12. The number of anilines is 1. The van der Waals surface area contributed by atoms with Gasteiger partial charge in [0.1, 0.15) is 20.3 Å². The molecule has 1 saturated heterocycles. The van der Waals surface area contributed by atoms with E-state index in [2.05, 4.69) is 18.3 Å². The second-order valence-electron chi connectivity index (χ2n) is 9.72. The molecule has 1 aromatic carbocycles. The summed E-state index contributed by atoms with van der Waals surface area (Å²) in [5.74, 6) is 0.314. The summed E-state index contributed by atoms with van der Waals surface area (Å²) in [5.41, 5.74) is 3.23. The van der Waals surface area contributed by atoms with E-state index in [1.165, 1.54) is 20.8 Å². The number of aromatic nitrogens is 1. The van der Waals surface area contributed by atoms with Gasteiger partial charge in [0.05, 0.1) is 14.6 Å². The van der Waals surface area contributed by atoms with E-state index in [-0.39, 0.29) is 10.1 Å². The predicted octanol–water partition coefficient (Wildman–Crippen LogP) is 7.05. The normalized spacial score (nSPS) is 20.7. The average molecular weight is 592 g/mol. The van der Waals surface area contributed by atoms with Gasteiger partial charge >= 0.3 is 0 Å². The maximum atomic E-state index is 13.7. The van der Waals surface area contributed by atoms with Crippen LogP contribution in [0.3, 0.4) is 0 Å². The molecule has 0 radical (unpaired) electrons. The molecule has 4 aromatic rings. The molecule has 6 rings (SSSR count). The molecule has 0 spiro atoms. The van der Waals surface area contributed by atoms with Gasteiger partial charge in [0.25, 0.3) is 10.0 Å². The molecule has 1 aliphatic carbocycles. The van der Waals surface area contributed by atoms with Crippen molar-refractivity contribution < 1.29 is 13.2 Å². The van der Waals surface area contributed by atoms with Gasteiger partial charge in [-0.3, -0.25) is 4.79 Å². The largest absolute Gasteiger partial charge is 0.316 e. The molecule has 1 fully saturated rings. The van der Waals surface area contributed by atoms with Gasteiger partial charge < -0.3 is 5.32 Å². The Morgan fingerprint density at radius 3 is 2.73 bits per heavy atom. The molecule has 11 heteroatoms. The highest BCUT2D eigenvalue weighted by Crippen LogP contribution is 2.47. The highest BCUT2D eigenvalue weighted by Gasteiger charge is 2.39. The molecule has 1 aliphatic heterocycles. The summed E-state index contributed by atoms with van der Waals surface area (Å²) in [6.45, 7) is 2.58. The standard InChI is InChI=1S/C26H26ClN3O3S4/c1-15-9-10-16-20(14-15)35-26(23(16)25-28-17-6-2-3-8-19(17)34-25)29-24(31)18-7-4-5-13-30(18)37(32,33)22-12-11-21(27)36-22/h2-3,6,8,11-12,15,18H,4-5,7,9-10,13-14H2,1H3,(H,29,31). The van der Waals surface area contributed by atoms with Crippen LogP contribution in [0.15, 0.2) is 40.6 Å². The number of halogens is 1. The predicted molar refractivity (Wildman–Crippen MR) is 154 cm³/mol. The number of hydrogen-bond donors (Lipinski definition) is 1. The number of piperidine rings is 1. The number of carbonyl (C=O) groups is 1. The summed E-state index contributed by atoms with van der Waals surface area (Å²) in [7, 11) is -3.82. The Hall–Kier alpha value is -1.82. The van der Waals surface area contributed by atoms with E-state index in [1.807, 2.05) is 18.2 Å². The topological polar surface area (TPSA) is 79.4 Å². The minimum Gasteiger partial charge on any atom is -0.316 e. The molecule has 4 heterocycles. The second-order valence-corrected chi connectivity index (χ2v) is 15.7. The van der Waals surface area contributed by atoms with Crippen molar-refractivity contribution in [3.63, 3.8) is 0 Å². The third-order valence-corrected chi connectivity index (χ3v) is 13.0. The summed E-state index contributed by atoms with van der Waals surface area (Å²) in [5, 5.41) is 4.86. The van der Waals surface area contributed by atoms with Gasteiger partial charge in [-0.1, -0.05) is 37.1 Å². The van der Waals surface area contributed by atoms with Crippen LogP contribution in [0.4, 0.5) is 5.00 Å². The number of nitrogens with zero attached hydrogens (tertiary/aromatic N) is 2. The first kappa shape index (κ1) is 25.5. The molecule has 2 aliphatic rings. The Labute approximate surface area is 233 Å². The number of benzene rings is 1. The zero-order chi connectivity index (χ0) is 25.7. The molecular formula is C26H26ClN3O3S4. The minimum atomic E-state index is -3.82. The van der Waals surface area contributed by atoms with Crippen molar-refractivity contribution in [1.82, 2.24) is 9.29 Å². The number of rotatable bonds is 5. The second kappa shape index (κ2) is 10.1. The van der Waals surface area contributed by atoms with Gasteiger partial charge in [-0.05, 0) is 67.9 Å². The average Bonchev–Trinajstić information content (AvgIpc) is 3.60. The van der Waals surface area contributed by atoms with E-state index in [0.717, 1.165) is 69.2 Å². The Bertz CT molecular complexity index is 1560. The summed E-state index contributed by atoms with van der Waals surface area (Å²) in [4.78, 5) is 20.0. The Morgan fingerprint density at radius 2 is 1.95 bits per heavy atom. The molecule has 1 N–H and O–H groups in total. The summed E-state index contributed by atoms with van der Waals surface area (Å²) < 4.78 is 29.9. The third kappa shape index (κ3) is 4.77. The van der Waals surface area contributed by atoms with E-state index in [0.29, 0.717) is 23.2 Å². The van der Waals surface area contributed by atoms with Crippen LogP contribution < -0.4 is 5.32 Å². The number of fused-ring (bicyclic) bond motifs is 2. The van der Waals surface area contributed by atoms with Crippen LogP contribution in [0, 0.1) is 5.92 Å². The molecule has 3 aromatic heterocycles. The van der Waals surface area contributed by atoms with E-state index >= 15 is 0 Å². The fraction of sp³-hybridized carbons (Fsp3) is 0.385. The van der Waals surface area contributed by atoms with Crippen molar-refractivity contribution in [3.05, 3.63) is 51.2 Å². The van der Waals surface area contributed by atoms with Crippen molar-refractivity contribution in [2.24, 2.45) is 5.92 Å². The van der Waals surface area contributed by atoms with Gasteiger partial charge in [0.15, 0.2) is 0 Å². The first-order valence-electron chi connectivity index (χ1n) is 12.4. The Morgan fingerprint density at radius 1 is 1.11 bits per heavy atom. The van der Waals surface area contributed by atoms with Gasteiger partial charge in [-0.15, -0.1) is 34.0 Å². The maximum absolute atomic E-state index is 13.7. The lowest BCUT2D eigenvalue weighted by atomic mass is 9.88. The summed E-state index contributed by atoms with van der Waals surface area (Å²) >= 11 is 10.3. The molecule has 194 valence electrons. The lowest BCUT2D eigenvalue weighted by molar-refractivity contribution is -0.120. The molecule has 0 saturated carbocycles. The minimum absolute atomic E-state index is 0.174. The van der Waals surface area contributed by atoms with Crippen LogP contribution in [0.25, 0.3) is 20.8 Å². The number of thiazole rings is 1. The maximum Gasteiger partial charge on any atom is 0.253 e. The van der Waals surface area contributed by atoms with Crippen LogP contribution in [0.5, 0.6) is 0 Å². The van der Waals surface area contributed by atoms with Gasteiger partial charge in [0, 0.05) is 17.0 Å². The molecule has 2 unspecified atom stereocenters. The van der Waals surface area contributed by atoms with E-state index in [1.54, 1.807) is 28.7 Å². The Balaban J connectivity index is 1.36. The van der Waals surface area contributed by atoms with Crippen molar-refractivity contribution in [3.8, 4) is 10.6 Å². The molecule has 1 amide bonds. The SMILES string of the molecule is CC1CCc2c(sc(NC(=O)C3CCCCN3S(=O)(=O)c3ccc(Cl)s3)c2-c2nc3ccccc3s2)C1. The number of sulfonamides is 1. The number of hydrogen-bond acceptors (Lipinski definition) is 7. The lowest BCUT2D eigenvalue weighted by Crippen LogP contribution is -2.49. The highest BCUT2D eigenvalue weighted by molar-refractivity contribution is 7.91. The number of amides is 1. The number of thiophene rings is 2. The Kier molecular flexibility index (Phi) is 6.92. The number of carbonyl (C=O) groups excluding carboxylic acids is 1. The highest BCUT2D eigenvalue weighted by atomic mass is 35.5. The van der Waals surface area contributed by atoms with Crippen molar-refractivity contribution >= 4 is 76.8 Å². The number of nitrogens with one attached hydrogen (secondary N) is 1. The molecule has 2 atom stereocenters. The first-order valence-corrected chi connectivity index (χ1v) is 16.7. The van der Waals surface area contributed by atoms with Crippen molar-refractivity contribution in [2.45, 2.75) is 55.7 Å². The monoisotopic (exact) mass is 591 g/mol. The fourth-order valence-electron chi connectivity index (χ4n) is 5.25. The fourth-order valence-corrected chi connectivity index (χ4v) is 11.0. The molecule has 6 nitrogen and oxygen atoms in total. The quantitative estimate of drug-likeness (QED) is 0.270. The zero-order valence-electron chi connectivity index (χ0n) is 20.2. The van der Waals surface area contributed by atoms with E-state index in [9.17, 15) is 13.2 Å². The van der Waals surface area contributed by atoms with Crippen LogP contribution in [0.2, 0.25) is 4.34 Å². The molecular weight excluding hydrogens is 566 g/mol. The molecule has 37 heavy (non-hydrogen) atoms. The van der Waals surface area contributed by atoms with Crippen LogP contribution in [0.1, 0.15) is 43.0 Å².